The normalized spacial score (nSPS) is 18.3. The number of aromatic hydroxyl groups is 1. The van der Waals surface area contributed by atoms with Crippen molar-refractivity contribution in [3.8, 4) is 5.75 Å². The van der Waals surface area contributed by atoms with Crippen molar-refractivity contribution in [3.05, 3.63) is 64.7 Å². The number of halogens is 1. The first-order chi connectivity index (χ1) is 12.0. The number of phenols is 1. The van der Waals surface area contributed by atoms with E-state index in [2.05, 4.69) is 11.8 Å². The molecular formula is C20H23ClN2O2. The Bertz CT molecular complexity index is 736. The highest BCUT2D eigenvalue weighted by Crippen LogP contribution is 2.24. The molecule has 5 heteroatoms. The van der Waals surface area contributed by atoms with Gasteiger partial charge in [0.25, 0.3) is 0 Å². The molecule has 1 aliphatic rings. The molecule has 1 amide bonds. The van der Waals surface area contributed by atoms with Crippen LogP contribution in [0.2, 0.25) is 5.02 Å². The Morgan fingerprint density at radius 3 is 2.68 bits per heavy atom. The fourth-order valence-corrected chi connectivity index (χ4v) is 3.54. The first-order valence-corrected chi connectivity index (χ1v) is 8.94. The van der Waals surface area contributed by atoms with Gasteiger partial charge in [-0.15, -0.1) is 0 Å². The maximum absolute atomic E-state index is 12.6. The number of hydrogen-bond acceptors (Lipinski definition) is 3. The van der Waals surface area contributed by atoms with E-state index < -0.39 is 0 Å². The predicted molar refractivity (Wildman–Crippen MR) is 99.7 cm³/mol. The van der Waals surface area contributed by atoms with Gasteiger partial charge in [-0.05, 0) is 30.7 Å². The lowest BCUT2D eigenvalue weighted by atomic mass is 10.1. The van der Waals surface area contributed by atoms with Crippen LogP contribution < -0.4 is 0 Å². The van der Waals surface area contributed by atoms with E-state index in [0.29, 0.717) is 24.5 Å². The molecule has 0 aliphatic carbocycles. The zero-order valence-electron chi connectivity index (χ0n) is 14.4. The van der Waals surface area contributed by atoms with Gasteiger partial charge < -0.3 is 10.0 Å². The molecule has 0 radical (unpaired) electrons. The van der Waals surface area contributed by atoms with Crippen LogP contribution in [0.3, 0.4) is 0 Å². The van der Waals surface area contributed by atoms with Crippen LogP contribution >= 0.6 is 11.6 Å². The smallest absolute Gasteiger partial charge is 0.227 e. The minimum atomic E-state index is 0.145. The minimum absolute atomic E-state index is 0.145. The molecule has 1 fully saturated rings. The second-order valence-electron chi connectivity index (χ2n) is 6.61. The number of piperazine rings is 1. The summed E-state index contributed by atoms with van der Waals surface area (Å²) in [6, 6.07) is 15.1. The average Bonchev–Trinajstić information content (AvgIpc) is 2.59. The van der Waals surface area contributed by atoms with Crippen LogP contribution in [-0.4, -0.2) is 46.5 Å². The number of hydrogen-bond donors (Lipinski definition) is 1. The monoisotopic (exact) mass is 358 g/mol. The number of benzene rings is 2. The summed E-state index contributed by atoms with van der Waals surface area (Å²) in [6.45, 7) is 4.99. The molecule has 3 rings (SSSR count). The lowest BCUT2D eigenvalue weighted by Crippen LogP contribution is -2.54. The maximum atomic E-state index is 12.6. The van der Waals surface area contributed by atoms with Crippen molar-refractivity contribution >= 4 is 17.5 Å². The first kappa shape index (κ1) is 17.8. The van der Waals surface area contributed by atoms with Gasteiger partial charge in [0, 0.05) is 42.8 Å². The molecule has 0 spiro atoms. The lowest BCUT2D eigenvalue weighted by molar-refractivity contribution is -0.135. The Morgan fingerprint density at radius 1 is 1.20 bits per heavy atom. The number of amides is 1. The molecule has 2 aromatic rings. The molecule has 0 unspecified atom stereocenters. The van der Waals surface area contributed by atoms with E-state index in [9.17, 15) is 9.90 Å². The summed E-state index contributed by atoms with van der Waals surface area (Å²) in [5.74, 6) is 0.434. The molecule has 0 aromatic heterocycles. The minimum Gasteiger partial charge on any atom is -0.508 e. The van der Waals surface area contributed by atoms with Crippen molar-refractivity contribution in [2.75, 3.05) is 19.6 Å². The summed E-state index contributed by atoms with van der Waals surface area (Å²) in [6.07, 6.45) is 0.445. The molecule has 0 bridgehead atoms. The topological polar surface area (TPSA) is 43.8 Å². The highest BCUT2D eigenvalue weighted by atomic mass is 35.5. The van der Waals surface area contributed by atoms with E-state index >= 15 is 0 Å². The first-order valence-electron chi connectivity index (χ1n) is 8.56. The van der Waals surface area contributed by atoms with Gasteiger partial charge in [-0.3, -0.25) is 9.69 Å². The Labute approximate surface area is 153 Å². The van der Waals surface area contributed by atoms with Gasteiger partial charge >= 0.3 is 0 Å². The van der Waals surface area contributed by atoms with Crippen molar-refractivity contribution in [2.24, 2.45) is 0 Å². The van der Waals surface area contributed by atoms with Gasteiger partial charge in [0.05, 0.1) is 6.42 Å². The third-order valence-electron chi connectivity index (χ3n) is 4.67. The van der Waals surface area contributed by atoms with Crippen LogP contribution in [0.15, 0.2) is 48.5 Å². The van der Waals surface area contributed by atoms with Crippen molar-refractivity contribution in [2.45, 2.75) is 25.9 Å². The fourth-order valence-electron chi connectivity index (χ4n) is 3.34. The predicted octanol–water partition coefficient (Wildman–Crippen LogP) is 3.32. The number of nitrogens with zero attached hydrogens (tertiary/aromatic N) is 2. The molecule has 25 heavy (non-hydrogen) atoms. The lowest BCUT2D eigenvalue weighted by Gasteiger charge is -2.40. The molecule has 1 heterocycles. The van der Waals surface area contributed by atoms with Gasteiger partial charge in [-0.1, -0.05) is 41.9 Å². The number of phenolic OH excluding ortho intramolecular Hbond substituents is 1. The van der Waals surface area contributed by atoms with Gasteiger partial charge in [0.1, 0.15) is 5.75 Å². The van der Waals surface area contributed by atoms with Crippen LogP contribution in [0.1, 0.15) is 18.1 Å². The summed E-state index contributed by atoms with van der Waals surface area (Å²) >= 11 is 6.02. The summed E-state index contributed by atoms with van der Waals surface area (Å²) in [4.78, 5) is 16.8. The molecule has 1 atom stereocenters. The fraction of sp³-hybridized carbons (Fsp3) is 0.350. The van der Waals surface area contributed by atoms with Gasteiger partial charge in [0.2, 0.25) is 5.91 Å². The van der Waals surface area contributed by atoms with Crippen LogP contribution in [0.5, 0.6) is 5.75 Å². The molecular weight excluding hydrogens is 336 g/mol. The second-order valence-corrected chi connectivity index (χ2v) is 7.04. The van der Waals surface area contributed by atoms with E-state index in [4.69, 9.17) is 11.6 Å². The molecule has 4 nitrogen and oxygen atoms in total. The Kier molecular flexibility index (Phi) is 5.61. The quantitative estimate of drug-likeness (QED) is 0.911. The molecule has 1 N–H and O–H groups in total. The molecule has 1 aliphatic heterocycles. The highest BCUT2D eigenvalue weighted by molar-refractivity contribution is 6.30. The number of rotatable bonds is 4. The van der Waals surface area contributed by atoms with E-state index in [1.54, 1.807) is 18.2 Å². The summed E-state index contributed by atoms with van der Waals surface area (Å²) in [5.41, 5.74) is 1.87. The summed E-state index contributed by atoms with van der Waals surface area (Å²) in [5, 5.41) is 10.6. The molecule has 2 aromatic carbocycles. The van der Waals surface area contributed by atoms with Crippen molar-refractivity contribution in [1.82, 2.24) is 9.80 Å². The van der Waals surface area contributed by atoms with E-state index in [1.165, 1.54) is 0 Å². The standard InChI is InChI=1S/C20H23ClN2O2/c1-15-13-22(14-17-12-18(21)7-8-19(17)24)9-10-23(15)20(25)11-16-5-3-2-4-6-16/h2-8,12,15,24H,9-11,13-14H2,1H3/t15-/m0/s1. The Hall–Kier alpha value is -2.04. The van der Waals surface area contributed by atoms with Crippen LogP contribution in [0.25, 0.3) is 0 Å². The van der Waals surface area contributed by atoms with E-state index in [1.807, 2.05) is 35.2 Å². The van der Waals surface area contributed by atoms with Crippen molar-refractivity contribution in [3.63, 3.8) is 0 Å². The zero-order chi connectivity index (χ0) is 17.8. The van der Waals surface area contributed by atoms with Gasteiger partial charge in [-0.2, -0.15) is 0 Å². The number of carbonyl (C=O) groups is 1. The maximum Gasteiger partial charge on any atom is 0.227 e. The zero-order valence-corrected chi connectivity index (χ0v) is 15.1. The van der Waals surface area contributed by atoms with Crippen molar-refractivity contribution < 1.29 is 9.90 Å². The summed E-state index contributed by atoms with van der Waals surface area (Å²) < 4.78 is 0. The Balaban J connectivity index is 1.58. The molecule has 132 valence electrons. The van der Waals surface area contributed by atoms with Crippen LogP contribution in [-0.2, 0) is 17.8 Å². The Morgan fingerprint density at radius 2 is 1.96 bits per heavy atom. The van der Waals surface area contributed by atoms with Crippen LogP contribution in [0.4, 0.5) is 0 Å². The largest absolute Gasteiger partial charge is 0.508 e. The van der Waals surface area contributed by atoms with E-state index in [-0.39, 0.29) is 17.7 Å². The highest BCUT2D eigenvalue weighted by Gasteiger charge is 2.27. The van der Waals surface area contributed by atoms with Crippen molar-refractivity contribution in [1.29, 1.82) is 0 Å². The SMILES string of the molecule is C[C@H]1CN(Cc2cc(Cl)ccc2O)CCN1C(=O)Cc1ccccc1. The second kappa shape index (κ2) is 7.89. The average molecular weight is 359 g/mol. The molecule has 1 saturated heterocycles. The molecule has 0 saturated carbocycles. The van der Waals surface area contributed by atoms with Gasteiger partial charge in [0.15, 0.2) is 0 Å². The van der Waals surface area contributed by atoms with Crippen LogP contribution in [0, 0.1) is 0 Å². The third kappa shape index (κ3) is 4.53. The third-order valence-corrected chi connectivity index (χ3v) is 4.90. The summed E-state index contributed by atoms with van der Waals surface area (Å²) in [7, 11) is 0. The number of carbonyl (C=O) groups excluding carboxylic acids is 1. The van der Waals surface area contributed by atoms with Gasteiger partial charge in [-0.25, -0.2) is 0 Å². The van der Waals surface area contributed by atoms with E-state index in [0.717, 1.165) is 24.2 Å².